The highest BCUT2D eigenvalue weighted by Crippen LogP contribution is 2.37. The summed E-state index contributed by atoms with van der Waals surface area (Å²) >= 11 is 0. The summed E-state index contributed by atoms with van der Waals surface area (Å²) in [5, 5.41) is 7.03. The molecule has 0 aliphatic carbocycles. The first kappa shape index (κ1) is 21.0. The molecule has 0 bridgehead atoms. The number of benzene rings is 2. The number of nitrogens with one attached hydrogen (secondary N) is 1. The molecule has 1 fully saturated rings. The molecular weight excluding hydrogens is 424 g/mol. The zero-order valence-electron chi connectivity index (χ0n) is 18.6. The standard InChI is InChI=1S/C24H24N4O5/c1-13(2)22-26-24(33-27-22)17-6-4-5-14(3)21(17)25-23(30)15-9-20(29)28(11-15)16-7-8-18-19(10-16)32-12-31-18/h4-8,10,13,15H,9,11-12H2,1-3H3,(H,25,30). The van der Waals surface area contributed by atoms with Gasteiger partial charge in [-0.2, -0.15) is 4.98 Å². The number of fused-ring (bicyclic) bond motifs is 1. The number of aromatic nitrogens is 2. The highest BCUT2D eigenvalue weighted by molar-refractivity contribution is 6.05. The van der Waals surface area contributed by atoms with Crippen LogP contribution in [0.5, 0.6) is 11.5 Å². The van der Waals surface area contributed by atoms with Gasteiger partial charge in [0.15, 0.2) is 17.3 Å². The third-order valence-electron chi connectivity index (χ3n) is 5.87. The topological polar surface area (TPSA) is 107 Å². The van der Waals surface area contributed by atoms with Crippen molar-refractivity contribution in [2.75, 3.05) is 23.6 Å². The molecule has 3 aromatic rings. The largest absolute Gasteiger partial charge is 0.454 e. The summed E-state index contributed by atoms with van der Waals surface area (Å²) in [5.74, 6) is 1.47. The molecule has 2 aliphatic heterocycles. The molecule has 33 heavy (non-hydrogen) atoms. The highest BCUT2D eigenvalue weighted by Gasteiger charge is 2.36. The molecule has 5 rings (SSSR count). The molecule has 1 N–H and O–H groups in total. The van der Waals surface area contributed by atoms with Gasteiger partial charge < -0.3 is 24.2 Å². The molecule has 0 spiro atoms. The summed E-state index contributed by atoms with van der Waals surface area (Å²) in [6.45, 7) is 6.31. The number of aryl methyl sites for hydroxylation is 1. The first-order chi connectivity index (χ1) is 15.9. The van der Waals surface area contributed by atoms with Crippen LogP contribution in [0.1, 0.15) is 37.6 Å². The van der Waals surface area contributed by atoms with Crippen LogP contribution in [-0.4, -0.2) is 35.3 Å². The van der Waals surface area contributed by atoms with E-state index in [1.807, 2.05) is 39.0 Å². The minimum absolute atomic E-state index is 0.113. The number of nitrogens with zero attached hydrogens (tertiary/aromatic N) is 3. The van der Waals surface area contributed by atoms with Gasteiger partial charge in [-0.05, 0) is 30.7 Å². The lowest BCUT2D eigenvalue weighted by atomic mass is 10.0. The first-order valence-electron chi connectivity index (χ1n) is 10.8. The minimum Gasteiger partial charge on any atom is -0.454 e. The SMILES string of the molecule is Cc1cccc(-c2nc(C(C)C)no2)c1NC(=O)C1CC(=O)N(c2ccc3c(c2)OCO3)C1. The summed E-state index contributed by atoms with van der Waals surface area (Å²) in [6.07, 6.45) is 0.125. The number of carbonyl (C=O) groups is 2. The molecule has 9 heteroatoms. The second kappa shape index (κ2) is 8.23. The summed E-state index contributed by atoms with van der Waals surface area (Å²) in [6, 6.07) is 10.9. The van der Waals surface area contributed by atoms with Crippen molar-refractivity contribution in [3.8, 4) is 23.0 Å². The van der Waals surface area contributed by atoms with Crippen LogP contribution in [0, 0.1) is 12.8 Å². The van der Waals surface area contributed by atoms with Crippen molar-refractivity contribution in [1.82, 2.24) is 10.1 Å². The van der Waals surface area contributed by atoms with Crippen LogP contribution >= 0.6 is 0 Å². The van der Waals surface area contributed by atoms with Gasteiger partial charge in [-0.3, -0.25) is 9.59 Å². The lowest BCUT2D eigenvalue weighted by Crippen LogP contribution is -2.28. The van der Waals surface area contributed by atoms with Gasteiger partial charge in [0.05, 0.1) is 17.2 Å². The Morgan fingerprint density at radius 2 is 2.00 bits per heavy atom. The second-order valence-electron chi connectivity index (χ2n) is 8.54. The van der Waals surface area contributed by atoms with Gasteiger partial charge in [0.2, 0.25) is 18.6 Å². The number of carbonyl (C=O) groups excluding carboxylic acids is 2. The van der Waals surface area contributed by atoms with Crippen molar-refractivity contribution < 1.29 is 23.6 Å². The third-order valence-corrected chi connectivity index (χ3v) is 5.87. The van der Waals surface area contributed by atoms with Crippen LogP contribution < -0.4 is 19.7 Å². The van der Waals surface area contributed by atoms with E-state index < -0.39 is 5.92 Å². The maximum atomic E-state index is 13.2. The molecule has 0 radical (unpaired) electrons. The van der Waals surface area contributed by atoms with Crippen molar-refractivity contribution >= 4 is 23.2 Å². The van der Waals surface area contributed by atoms with E-state index in [0.29, 0.717) is 40.2 Å². The average Bonchev–Trinajstić information content (AvgIpc) is 3.53. The van der Waals surface area contributed by atoms with Crippen LogP contribution in [0.3, 0.4) is 0 Å². The molecule has 2 aliphatic rings. The molecular formula is C24H24N4O5. The Hall–Kier alpha value is -3.88. The molecule has 170 valence electrons. The molecule has 2 amide bonds. The van der Waals surface area contributed by atoms with Gasteiger partial charge in [-0.15, -0.1) is 0 Å². The van der Waals surface area contributed by atoms with Crippen LogP contribution in [0.15, 0.2) is 40.9 Å². The van der Waals surface area contributed by atoms with E-state index in [1.54, 1.807) is 23.1 Å². The Morgan fingerprint density at radius 3 is 2.79 bits per heavy atom. The van der Waals surface area contributed by atoms with Crippen molar-refractivity contribution in [3.05, 3.63) is 47.8 Å². The van der Waals surface area contributed by atoms with E-state index in [2.05, 4.69) is 15.5 Å². The maximum Gasteiger partial charge on any atom is 0.260 e. The van der Waals surface area contributed by atoms with Crippen LogP contribution in [-0.2, 0) is 9.59 Å². The normalized spacial score (nSPS) is 17.2. The third kappa shape index (κ3) is 3.90. The van der Waals surface area contributed by atoms with Gasteiger partial charge in [-0.25, -0.2) is 0 Å². The Kier molecular flexibility index (Phi) is 5.24. The zero-order chi connectivity index (χ0) is 23.1. The van der Waals surface area contributed by atoms with Crippen LogP contribution in [0.2, 0.25) is 0 Å². The van der Waals surface area contributed by atoms with Crippen molar-refractivity contribution in [2.45, 2.75) is 33.1 Å². The Balaban J connectivity index is 1.35. The van der Waals surface area contributed by atoms with Crippen LogP contribution in [0.25, 0.3) is 11.5 Å². The fourth-order valence-electron chi connectivity index (χ4n) is 4.00. The van der Waals surface area contributed by atoms with Gasteiger partial charge >= 0.3 is 0 Å². The smallest absolute Gasteiger partial charge is 0.260 e. The molecule has 1 aromatic heterocycles. The predicted molar refractivity (Wildman–Crippen MR) is 120 cm³/mol. The number of ether oxygens (including phenoxy) is 2. The Bertz CT molecular complexity index is 1240. The fourth-order valence-corrected chi connectivity index (χ4v) is 4.00. The fraction of sp³-hybridized carbons (Fsp3) is 0.333. The van der Waals surface area contributed by atoms with E-state index >= 15 is 0 Å². The van der Waals surface area contributed by atoms with Gasteiger partial charge in [0, 0.05) is 30.6 Å². The number of rotatable bonds is 5. The maximum absolute atomic E-state index is 13.2. The molecule has 1 unspecified atom stereocenters. The number of anilines is 2. The summed E-state index contributed by atoms with van der Waals surface area (Å²) in [7, 11) is 0. The van der Waals surface area contributed by atoms with E-state index in [4.69, 9.17) is 14.0 Å². The van der Waals surface area contributed by atoms with Crippen molar-refractivity contribution in [1.29, 1.82) is 0 Å². The molecule has 0 saturated carbocycles. The number of hydrogen-bond donors (Lipinski definition) is 1. The second-order valence-corrected chi connectivity index (χ2v) is 8.54. The van der Waals surface area contributed by atoms with Crippen LogP contribution in [0.4, 0.5) is 11.4 Å². The van der Waals surface area contributed by atoms with Gasteiger partial charge in [0.25, 0.3) is 5.89 Å². The summed E-state index contributed by atoms with van der Waals surface area (Å²) < 4.78 is 16.2. The zero-order valence-corrected chi connectivity index (χ0v) is 18.6. The Morgan fingerprint density at radius 1 is 1.18 bits per heavy atom. The number of para-hydroxylation sites is 1. The molecule has 3 heterocycles. The van der Waals surface area contributed by atoms with Gasteiger partial charge in [-0.1, -0.05) is 31.1 Å². The van der Waals surface area contributed by atoms with Gasteiger partial charge in [0.1, 0.15) is 0 Å². The molecule has 1 saturated heterocycles. The molecule has 2 aromatic carbocycles. The minimum atomic E-state index is -0.496. The van der Waals surface area contributed by atoms with E-state index in [-0.39, 0.29) is 37.5 Å². The molecule has 1 atom stereocenters. The monoisotopic (exact) mass is 448 g/mol. The molecule has 9 nitrogen and oxygen atoms in total. The number of amides is 2. The number of hydrogen-bond acceptors (Lipinski definition) is 7. The average molecular weight is 448 g/mol. The summed E-state index contributed by atoms with van der Waals surface area (Å²) in [4.78, 5) is 32.0. The van der Waals surface area contributed by atoms with Crippen molar-refractivity contribution in [3.63, 3.8) is 0 Å². The highest BCUT2D eigenvalue weighted by atomic mass is 16.7. The quantitative estimate of drug-likeness (QED) is 0.631. The Labute approximate surface area is 190 Å². The van der Waals surface area contributed by atoms with E-state index in [0.717, 1.165) is 5.56 Å². The summed E-state index contributed by atoms with van der Waals surface area (Å²) in [5.41, 5.74) is 2.81. The first-order valence-corrected chi connectivity index (χ1v) is 10.8. The van der Waals surface area contributed by atoms with Crippen molar-refractivity contribution in [2.24, 2.45) is 5.92 Å². The lowest BCUT2D eigenvalue weighted by molar-refractivity contribution is -0.122. The van der Waals surface area contributed by atoms with E-state index in [9.17, 15) is 9.59 Å². The predicted octanol–water partition coefficient (Wildman–Crippen LogP) is 3.89. The lowest BCUT2D eigenvalue weighted by Gasteiger charge is -2.18. The van der Waals surface area contributed by atoms with E-state index in [1.165, 1.54) is 0 Å².